The lowest BCUT2D eigenvalue weighted by Crippen LogP contribution is -2.30. The highest BCUT2D eigenvalue weighted by atomic mass is 16.5. The lowest BCUT2D eigenvalue weighted by molar-refractivity contribution is -0.139. The predicted octanol–water partition coefficient (Wildman–Crippen LogP) is 1.74. The van der Waals surface area contributed by atoms with E-state index >= 15 is 0 Å². The topological polar surface area (TPSA) is 71.5 Å². The van der Waals surface area contributed by atoms with Gasteiger partial charge < -0.3 is 15.2 Å². The van der Waals surface area contributed by atoms with E-state index in [4.69, 9.17) is 9.84 Å². The fourth-order valence-electron chi connectivity index (χ4n) is 2.60. The van der Waals surface area contributed by atoms with Gasteiger partial charge in [0.1, 0.15) is 12.1 Å². The highest BCUT2D eigenvalue weighted by Gasteiger charge is 2.31. The first-order valence-electron chi connectivity index (χ1n) is 6.62. The van der Waals surface area contributed by atoms with E-state index in [0.717, 1.165) is 16.3 Å². The zero-order chi connectivity index (χ0) is 14.1. The largest absolute Gasteiger partial charge is 0.480 e. The van der Waals surface area contributed by atoms with E-state index in [-0.39, 0.29) is 6.10 Å². The standard InChI is InChI=1S/C15H16N2O3/c1-9-3-2-4-10-5-6-16-14(13(9)10)20-11-7-12(15(18)19)17-8-11/h2-6,11-12,17H,7-8H2,1H3,(H,18,19)/t11?,12-/m0/s1. The van der Waals surface area contributed by atoms with Crippen LogP contribution >= 0.6 is 0 Å². The van der Waals surface area contributed by atoms with Crippen LogP contribution in [0, 0.1) is 6.92 Å². The number of fused-ring (bicyclic) bond motifs is 1. The molecule has 0 amide bonds. The molecule has 2 aromatic rings. The SMILES string of the molecule is Cc1cccc2ccnc(OC3CN[C@H](C(=O)O)C3)c12. The van der Waals surface area contributed by atoms with Crippen molar-refractivity contribution in [1.29, 1.82) is 0 Å². The molecule has 1 aliphatic rings. The molecule has 5 nitrogen and oxygen atoms in total. The zero-order valence-corrected chi connectivity index (χ0v) is 11.2. The first kappa shape index (κ1) is 12.9. The van der Waals surface area contributed by atoms with Gasteiger partial charge in [-0.1, -0.05) is 18.2 Å². The van der Waals surface area contributed by atoms with Crippen molar-refractivity contribution in [3.8, 4) is 5.88 Å². The van der Waals surface area contributed by atoms with Gasteiger partial charge in [0.2, 0.25) is 5.88 Å². The molecule has 0 aliphatic carbocycles. The van der Waals surface area contributed by atoms with Gasteiger partial charge >= 0.3 is 5.97 Å². The molecule has 104 valence electrons. The number of hydrogen-bond donors (Lipinski definition) is 2. The van der Waals surface area contributed by atoms with Gasteiger partial charge in [0, 0.05) is 24.5 Å². The number of aromatic nitrogens is 1. The van der Waals surface area contributed by atoms with Crippen molar-refractivity contribution in [2.24, 2.45) is 0 Å². The Morgan fingerprint density at radius 1 is 1.45 bits per heavy atom. The predicted molar refractivity (Wildman–Crippen MR) is 74.9 cm³/mol. The second kappa shape index (κ2) is 5.09. The number of aryl methyl sites for hydroxylation is 1. The number of carbonyl (C=O) groups is 1. The van der Waals surface area contributed by atoms with Gasteiger partial charge in [-0.05, 0) is 23.9 Å². The number of carboxylic acids is 1. The minimum Gasteiger partial charge on any atom is -0.480 e. The summed E-state index contributed by atoms with van der Waals surface area (Å²) in [6.45, 7) is 2.55. The molecule has 1 fully saturated rings. The molecule has 0 spiro atoms. The van der Waals surface area contributed by atoms with Gasteiger partial charge in [0.15, 0.2) is 0 Å². The van der Waals surface area contributed by atoms with E-state index in [1.54, 1.807) is 6.20 Å². The fraction of sp³-hybridized carbons (Fsp3) is 0.333. The van der Waals surface area contributed by atoms with Gasteiger partial charge in [0.05, 0.1) is 0 Å². The van der Waals surface area contributed by atoms with E-state index in [1.165, 1.54) is 0 Å². The molecular weight excluding hydrogens is 256 g/mol. The van der Waals surface area contributed by atoms with E-state index in [0.29, 0.717) is 18.8 Å². The van der Waals surface area contributed by atoms with Crippen LogP contribution in [-0.2, 0) is 4.79 Å². The molecule has 2 heterocycles. The van der Waals surface area contributed by atoms with Crippen LogP contribution < -0.4 is 10.1 Å². The maximum Gasteiger partial charge on any atom is 0.320 e. The third kappa shape index (κ3) is 2.32. The van der Waals surface area contributed by atoms with Gasteiger partial charge in [-0.3, -0.25) is 4.79 Å². The van der Waals surface area contributed by atoms with Crippen LogP contribution in [0.1, 0.15) is 12.0 Å². The highest BCUT2D eigenvalue weighted by Crippen LogP contribution is 2.28. The molecular formula is C15H16N2O3. The molecule has 2 N–H and O–H groups in total. The Balaban J connectivity index is 1.87. The molecule has 3 rings (SSSR count). The zero-order valence-electron chi connectivity index (χ0n) is 11.2. The number of benzene rings is 1. The van der Waals surface area contributed by atoms with Crippen molar-refractivity contribution >= 4 is 16.7 Å². The molecule has 0 saturated carbocycles. The Morgan fingerprint density at radius 2 is 2.30 bits per heavy atom. The number of carboxylic acid groups (broad SMARTS) is 1. The number of nitrogens with one attached hydrogen (secondary N) is 1. The number of nitrogens with zero attached hydrogens (tertiary/aromatic N) is 1. The minimum absolute atomic E-state index is 0.159. The van der Waals surface area contributed by atoms with E-state index in [2.05, 4.69) is 10.3 Å². The fourth-order valence-corrected chi connectivity index (χ4v) is 2.60. The molecule has 1 unspecified atom stereocenters. The molecule has 0 bridgehead atoms. The number of hydrogen-bond acceptors (Lipinski definition) is 4. The smallest absolute Gasteiger partial charge is 0.320 e. The molecule has 20 heavy (non-hydrogen) atoms. The van der Waals surface area contributed by atoms with Crippen molar-refractivity contribution in [3.63, 3.8) is 0 Å². The summed E-state index contributed by atoms with van der Waals surface area (Å²) in [7, 11) is 0. The quantitative estimate of drug-likeness (QED) is 0.890. The summed E-state index contributed by atoms with van der Waals surface area (Å²) in [6.07, 6.45) is 2.02. The van der Waals surface area contributed by atoms with Gasteiger partial charge in [0.25, 0.3) is 0 Å². The van der Waals surface area contributed by atoms with E-state index in [1.807, 2.05) is 31.2 Å². The summed E-state index contributed by atoms with van der Waals surface area (Å²) in [5, 5.41) is 14.0. The van der Waals surface area contributed by atoms with Crippen molar-refractivity contribution in [2.75, 3.05) is 6.54 Å². The second-order valence-corrected chi connectivity index (χ2v) is 5.06. The van der Waals surface area contributed by atoms with Crippen LogP contribution in [0.4, 0.5) is 0 Å². The molecule has 1 aromatic heterocycles. The number of pyridine rings is 1. The Labute approximate surface area is 116 Å². The Morgan fingerprint density at radius 3 is 3.05 bits per heavy atom. The van der Waals surface area contributed by atoms with Crippen LogP contribution in [0.25, 0.3) is 10.8 Å². The number of rotatable bonds is 3. The summed E-state index contributed by atoms with van der Waals surface area (Å²) in [6, 6.07) is 7.45. The van der Waals surface area contributed by atoms with Crippen molar-refractivity contribution < 1.29 is 14.6 Å². The average molecular weight is 272 g/mol. The molecule has 2 atom stereocenters. The first-order chi connectivity index (χ1) is 9.65. The number of ether oxygens (including phenoxy) is 1. The monoisotopic (exact) mass is 272 g/mol. The third-order valence-corrected chi connectivity index (χ3v) is 3.63. The van der Waals surface area contributed by atoms with E-state index < -0.39 is 12.0 Å². The molecule has 1 aromatic carbocycles. The maximum absolute atomic E-state index is 10.9. The molecule has 0 radical (unpaired) electrons. The Bertz CT molecular complexity index is 651. The van der Waals surface area contributed by atoms with Gasteiger partial charge in [-0.25, -0.2) is 4.98 Å². The van der Waals surface area contributed by atoms with Crippen LogP contribution in [0.2, 0.25) is 0 Å². The highest BCUT2D eigenvalue weighted by molar-refractivity contribution is 5.89. The van der Waals surface area contributed by atoms with Crippen molar-refractivity contribution in [3.05, 3.63) is 36.0 Å². The normalized spacial score (nSPS) is 22.1. The minimum atomic E-state index is -0.835. The molecule has 5 heteroatoms. The van der Waals surface area contributed by atoms with Crippen molar-refractivity contribution in [1.82, 2.24) is 10.3 Å². The summed E-state index contributed by atoms with van der Waals surface area (Å²) in [5.74, 6) is -0.253. The lowest BCUT2D eigenvalue weighted by Gasteiger charge is -2.14. The first-order valence-corrected chi connectivity index (χ1v) is 6.62. The number of aliphatic carboxylic acids is 1. The van der Waals surface area contributed by atoms with Crippen LogP contribution in [0.15, 0.2) is 30.5 Å². The summed E-state index contributed by atoms with van der Waals surface area (Å²) >= 11 is 0. The van der Waals surface area contributed by atoms with Crippen LogP contribution in [-0.4, -0.2) is 34.8 Å². The third-order valence-electron chi connectivity index (χ3n) is 3.63. The Kier molecular flexibility index (Phi) is 3.28. The van der Waals surface area contributed by atoms with Gasteiger partial charge in [-0.15, -0.1) is 0 Å². The lowest BCUT2D eigenvalue weighted by atomic mass is 10.1. The average Bonchev–Trinajstić information content (AvgIpc) is 2.88. The van der Waals surface area contributed by atoms with Gasteiger partial charge in [-0.2, -0.15) is 0 Å². The summed E-state index contributed by atoms with van der Waals surface area (Å²) in [5.41, 5.74) is 1.10. The summed E-state index contributed by atoms with van der Waals surface area (Å²) < 4.78 is 5.91. The van der Waals surface area contributed by atoms with E-state index in [9.17, 15) is 4.79 Å². The molecule has 1 saturated heterocycles. The summed E-state index contributed by atoms with van der Waals surface area (Å²) in [4.78, 5) is 15.2. The van der Waals surface area contributed by atoms with Crippen LogP contribution in [0.3, 0.4) is 0 Å². The van der Waals surface area contributed by atoms with Crippen molar-refractivity contribution in [2.45, 2.75) is 25.5 Å². The van der Waals surface area contributed by atoms with Crippen LogP contribution in [0.5, 0.6) is 5.88 Å². The Hall–Kier alpha value is -2.14. The maximum atomic E-state index is 10.9. The molecule has 1 aliphatic heterocycles. The second-order valence-electron chi connectivity index (χ2n) is 5.06.